The third-order valence-corrected chi connectivity index (χ3v) is 6.61. The molecular weight excluding hydrogens is 547 g/mol. The van der Waals surface area contributed by atoms with Crippen molar-refractivity contribution in [2.45, 2.75) is 32.5 Å². The first kappa shape index (κ1) is 30.0. The predicted octanol–water partition coefficient (Wildman–Crippen LogP) is 7.35. The summed E-state index contributed by atoms with van der Waals surface area (Å²) in [4.78, 5) is 39.0. The van der Waals surface area contributed by atoms with Crippen LogP contribution in [0.3, 0.4) is 0 Å². The molecule has 0 radical (unpaired) electrons. The normalized spacial score (nSPS) is 11.1. The highest BCUT2D eigenvalue weighted by Gasteiger charge is 2.30. The van der Waals surface area contributed by atoms with Gasteiger partial charge in [0.2, 0.25) is 0 Å². The van der Waals surface area contributed by atoms with Crippen molar-refractivity contribution in [2.75, 3.05) is 6.54 Å². The lowest BCUT2D eigenvalue weighted by Gasteiger charge is -2.23. The molecule has 0 atom stereocenters. The van der Waals surface area contributed by atoms with Gasteiger partial charge in [-0.05, 0) is 72.5 Å². The summed E-state index contributed by atoms with van der Waals surface area (Å²) in [6.45, 7) is 1.62. The van der Waals surface area contributed by atoms with Gasteiger partial charge in [0, 0.05) is 24.1 Å². The van der Waals surface area contributed by atoms with Gasteiger partial charge in [-0.2, -0.15) is 13.2 Å². The number of aryl methyl sites for hydroxylation is 2. The fourth-order valence-corrected chi connectivity index (χ4v) is 4.38. The molecule has 4 rings (SSSR count). The number of carboxylic acids is 1. The number of nitrogens with zero attached hydrogens (tertiary/aromatic N) is 1. The average Bonchev–Trinajstić information content (AvgIpc) is 2.96. The highest BCUT2D eigenvalue weighted by atomic mass is 19.4. The molecule has 0 bridgehead atoms. The van der Waals surface area contributed by atoms with Gasteiger partial charge in [0.1, 0.15) is 11.5 Å². The highest BCUT2D eigenvalue weighted by molar-refractivity contribution is 6.02. The number of ketones is 1. The standard InChI is InChI=1S/C33H28F3NO5/c1-22-18-29(16-12-24(22)13-17-31(39)40)42-28-9-5-8-26(19-28)32(41)37(20-23-6-3-2-4-7-23)21-30(38)25-10-14-27(15-11-25)33(34,35)36/h2-12,14-16,18-19H,13,17,20-21H2,1H3,(H,39,40). The molecule has 0 aliphatic rings. The molecule has 1 N–H and O–H groups in total. The minimum absolute atomic E-state index is 0.0199. The van der Waals surface area contributed by atoms with Gasteiger partial charge in [-0.15, -0.1) is 0 Å². The lowest BCUT2D eigenvalue weighted by Crippen LogP contribution is -2.35. The summed E-state index contributed by atoms with van der Waals surface area (Å²) >= 11 is 0. The second kappa shape index (κ2) is 13.2. The molecule has 6 nitrogen and oxygen atoms in total. The first-order valence-electron chi connectivity index (χ1n) is 13.1. The van der Waals surface area contributed by atoms with E-state index in [9.17, 15) is 27.6 Å². The van der Waals surface area contributed by atoms with E-state index in [2.05, 4.69) is 0 Å². The molecule has 9 heteroatoms. The van der Waals surface area contributed by atoms with E-state index in [4.69, 9.17) is 9.84 Å². The molecule has 0 heterocycles. The van der Waals surface area contributed by atoms with Crippen molar-refractivity contribution >= 4 is 17.7 Å². The first-order valence-corrected chi connectivity index (χ1v) is 13.1. The van der Waals surface area contributed by atoms with Crippen molar-refractivity contribution in [3.63, 3.8) is 0 Å². The Morgan fingerprint density at radius 3 is 2.14 bits per heavy atom. The zero-order valence-corrected chi connectivity index (χ0v) is 22.7. The number of halogens is 3. The number of aliphatic carboxylic acids is 1. The van der Waals surface area contributed by atoms with E-state index < -0.39 is 29.4 Å². The van der Waals surface area contributed by atoms with Crippen molar-refractivity contribution in [1.29, 1.82) is 0 Å². The van der Waals surface area contributed by atoms with E-state index in [0.717, 1.165) is 41.0 Å². The Morgan fingerprint density at radius 2 is 1.50 bits per heavy atom. The van der Waals surface area contributed by atoms with E-state index in [1.54, 1.807) is 54.6 Å². The molecule has 0 spiro atoms. The Bertz CT molecular complexity index is 1570. The molecule has 42 heavy (non-hydrogen) atoms. The maximum atomic E-state index is 13.7. The van der Waals surface area contributed by atoms with Crippen LogP contribution in [-0.4, -0.2) is 34.2 Å². The fraction of sp³-hybridized carbons (Fsp3) is 0.182. The SMILES string of the molecule is Cc1cc(Oc2cccc(C(=O)N(CC(=O)c3ccc(C(F)(F)F)cc3)Cc3ccccc3)c2)ccc1CCC(=O)O. The number of Topliss-reactive ketones (excluding diaryl/α,β-unsaturated/α-hetero) is 1. The molecule has 0 unspecified atom stereocenters. The van der Waals surface area contributed by atoms with Gasteiger partial charge in [-0.25, -0.2) is 0 Å². The molecule has 1 amide bonds. The number of carbonyl (C=O) groups excluding carboxylic acids is 2. The Hall–Kier alpha value is -4.92. The number of carboxylic acid groups (broad SMARTS) is 1. The Morgan fingerprint density at radius 1 is 0.810 bits per heavy atom. The van der Waals surface area contributed by atoms with Crippen LogP contribution < -0.4 is 4.74 Å². The van der Waals surface area contributed by atoms with Crippen LogP contribution in [0.5, 0.6) is 11.5 Å². The summed E-state index contributed by atoms with van der Waals surface area (Å²) in [5.41, 5.74) is 2.00. The molecule has 0 aliphatic carbocycles. The number of carbonyl (C=O) groups is 3. The lowest BCUT2D eigenvalue weighted by atomic mass is 10.0. The second-order valence-electron chi connectivity index (χ2n) is 9.76. The molecule has 0 saturated carbocycles. The van der Waals surface area contributed by atoms with Crippen molar-refractivity contribution in [3.05, 3.63) is 130 Å². The van der Waals surface area contributed by atoms with Crippen LogP contribution >= 0.6 is 0 Å². The molecule has 0 aliphatic heterocycles. The van der Waals surface area contributed by atoms with Gasteiger partial charge >= 0.3 is 12.1 Å². The maximum Gasteiger partial charge on any atom is 0.416 e. The Balaban J connectivity index is 1.54. The van der Waals surface area contributed by atoms with Crippen molar-refractivity contribution in [1.82, 2.24) is 4.90 Å². The van der Waals surface area contributed by atoms with E-state index in [1.165, 1.54) is 4.90 Å². The largest absolute Gasteiger partial charge is 0.481 e. The summed E-state index contributed by atoms with van der Waals surface area (Å²) in [5.74, 6) is -0.940. The molecule has 0 aromatic heterocycles. The molecule has 4 aromatic rings. The monoisotopic (exact) mass is 575 g/mol. The number of hydrogen-bond acceptors (Lipinski definition) is 4. The number of hydrogen-bond donors (Lipinski definition) is 1. The number of ether oxygens (including phenoxy) is 1. The zero-order valence-electron chi connectivity index (χ0n) is 22.7. The third-order valence-electron chi connectivity index (χ3n) is 6.61. The van der Waals surface area contributed by atoms with Crippen LogP contribution in [0.1, 0.15) is 49.4 Å². The molecule has 216 valence electrons. The quantitative estimate of drug-likeness (QED) is 0.189. The molecule has 4 aromatic carbocycles. The van der Waals surface area contributed by atoms with Gasteiger partial charge in [0.25, 0.3) is 5.91 Å². The van der Waals surface area contributed by atoms with Crippen LogP contribution in [0.4, 0.5) is 13.2 Å². The second-order valence-corrected chi connectivity index (χ2v) is 9.76. The van der Waals surface area contributed by atoms with E-state index in [-0.39, 0.29) is 30.6 Å². The molecule has 0 fully saturated rings. The smallest absolute Gasteiger partial charge is 0.416 e. The number of benzene rings is 4. The summed E-state index contributed by atoms with van der Waals surface area (Å²) in [6.07, 6.45) is -4.11. The predicted molar refractivity (Wildman–Crippen MR) is 151 cm³/mol. The zero-order chi connectivity index (χ0) is 30.3. The van der Waals surface area contributed by atoms with E-state index in [0.29, 0.717) is 17.9 Å². The van der Waals surface area contributed by atoms with Gasteiger partial charge in [-0.1, -0.05) is 54.6 Å². The third kappa shape index (κ3) is 8.06. The van der Waals surface area contributed by atoms with Gasteiger partial charge in [-0.3, -0.25) is 14.4 Å². The van der Waals surface area contributed by atoms with Crippen LogP contribution in [0.25, 0.3) is 0 Å². The summed E-state index contributed by atoms with van der Waals surface area (Å²) < 4.78 is 44.9. The summed E-state index contributed by atoms with van der Waals surface area (Å²) in [5, 5.41) is 8.94. The average molecular weight is 576 g/mol. The van der Waals surface area contributed by atoms with Gasteiger partial charge < -0.3 is 14.7 Å². The van der Waals surface area contributed by atoms with Crippen molar-refractivity contribution < 1.29 is 37.4 Å². The van der Waals surface area contributed by atoms with Gasteiger partial charge in [0.15, 0.2) is 5.78 Å². The summed E-state index contributed by atoms with van der Waals surface area (Å²) in [6, 6.07) is 24.8. The minimum Gasteiger partial charge on any atom is -0.481 e. The minimum atomic E-state index is -4.52. The van der Waals surface area contributed by atoms with Crippen LogP contribution in [-0.2, 0) is 23.9 Å². The van der Waals surface area contributed by atoms with Crippen molar-refractivity contribution in [2.24, 2.45) is 0 Å². The molecule has 0 saturated heterocycles. The van der Waals surface area contributed by atoms with Crippen LogP contribution in [0.2, 0.25) is 0 Å². The Labute approximate surface area is 241 Å². The fourth-order valence-electron chi connectivity index (χ4n) is 4.38. The van der Waals surface area contributed by atoms with E-state index in [1.807, 2.05) is 25.1 Å². The van der Waals surface area contributed by atoms with Crippen LogP contribution in [0, 0.1) is 6.92 Å². The number of alkyl halides is 3. The number of amides is 1. The molecular formula is C33H28F3NO5. The van der Waals surface area contributed by atoms with Crippen LogP contribution in [0.15, 0.2) is 97.1 Å². The highest BCUT2D eigenvalue weighted by Crippen LogP contribution is 2.29. The van der Waals surface area contributed by atoms with E-state index >= 15 is 0 Å². The Kier molecular flexibility index (Phi) is 9.42. The first-order chi connectivity index (χ1) is 20.0. The van der Waals surface area contributed by atoms with Gasteiger partial charge in [0.05, 0.1) is 12.1 Å². The topological polar surface area (TPSA) is 83.9 Å². The lowest BCUT2D eigenvalue weighted by molar-refractivity contribution is -0.138. The maximum absolute atomic E-state index is 13.7. The summed E-state index contributed by atoms with van der Waals surface area (Å²) in [7, 11) is 0. The van der Waals surface area contributed by atoms with Crippen molar-refractivity contribution in [3.8, 4) is 11.5 Å². The number of rotatable bonds is 11.